The second kappa shape index (κ2) is 8.30. The van der Waals surface area contributed by atoms with Crippen LogP contribution in [0.5, 0.6) is 0 Å². The first kappa shape index (κ1) is 16.1. The van der Waals surface area contributed by atoms with Crippen LogP contribution in [-0.2, 0) is 11.3 Å². The average Bonchev–Trinajstić information content (AvgIpc) is 2.34. The lowest BCUT2D eigenvalue weighted by molar-refractivity contribution is 0.178. The number of rotatable bonds is 8. The molecule has 0 spiro atoms. The molecule has 19 heavy (non-hydrogen) atoms. The largest absolute Gasteiger partial charge is 0.377 e. The highest BCUT2D eigenvalue weighted by molar-refractivity contribution is 6.29. The lowest BCUT2D eigenvalue weighted by atomic mass is 10.3. The number of halogens is 1. The van der Waals surface area contributed by atoms with Crippen molar-refractivity contribution < 1.29 is 4.74 Å². The predicted molar refractivity (Wildman–Crippen MR) is 78.8 cm³/mol. The van der Waals surface area contributed by atoms with E-state index >= 15 is 0 Å². The molecule has 0 atom stereocenters. The number of methoxy groups -OCH3 is 1. The Bertz CT molecular complexity index is 387. The summed E-state index contributed by atoms with van der Waals surface area (Å²) in [7, 11) is 5.75. The molecule has 1 aromatic rings. The van der Waals surface area contributed by atoms with Gasteiger partial charge >= 0.3 is 0 Å². The topological polar surface area (TPSA) is 41.5 Å². The number of aromatic nitrogens is 2. The first-order chi connectivity index (χ1) is 9.06. The number of likely N-dealkylation sites (N-methyl/N-ethyl adjacent to an activating group) is 1. The molecule has 0 aromatic carbocycles. The molecule has 0 fully saturated rings. The van der Waals surface area contributed by atoms with Gasteiger partial charge in [0.25, 0.3) is 0 Å². The van der Waals surface area contributed by atoms with Crippen LogP contribution >= 0.6 is 11.6 Å². The van der Waals surface area contributed by atoms with Gasteiger partial charge in [-0.15, -0.1) is 0 Å². The van der Waals surface area contributed by atoms with E-state index in [1.165, 1.54) is 0 Å². The third-order valence-corrected chi connectivity index (χ3v) is 2.83. The standard InChI is InChI=1S/C13H23ClN4O/c1-5-6-18(8-7-17(2)3)13-9-11(14)15-12(16-13)10-19-4/h9H,5-8,10H2,1-4H3. The smallest absolute Gasteiger partial charge is 0.158 e. The number of hydrogen-bond acceptors (Lipinski definition) is 5. The van der Waals surface area contributed by atoms with E-state index in [0.29, 0.717) is 17.6 Å². The summed E-state index contributed by atoms with van der Waals surface area (Å²) in [4.78, 5) is 13.0. The Hall–Kier alpha value is -0.910. The van der Waals surface area contributed by atoms with E-state index in [1.807, 2.05) is 6.07 Å². The van der Waals surface area contributed by atoms with Crippen LogP contribution in [0.15, 0.2) is 6.07 Å². The van der Waals surface area contributed by atoms with E-state index in [0.717, 1.165) is 31.9 Å². The minimum Gasteiger partial charge on any atom is -0.377 e. The van der Waals surface area contributed by atoms with Gasteiger partial charge in [-0.2, -0.15) is 0 Å². The Morgan fingerprint density at radius 1 is 1.21 bits per heavy atom. The van der Waals surface area contributed by atoms with Gasteiger partial charge in [0.15, 0.2) is 5.82 Å². The van der Waals surface area contributed by atoms with Crippen molar-refractivity contribution in [3.63, 3.8) is 0 Å². The van der Waals surface area contributed by atoms with Gasteiger partial charge < -0.3 is 14.5 Å². The molecule has 0 radical (unpaired) electrons. The molecule has 0 saturated carbocycles. The molecule has 0 amide bonds. The minimum absolute atomic E-state index is 0.376. The molecular weight excluding hydrogens is 264 g/mol. The molecule has 1 aromatic heterocycles. The molecule has 6 heteroatoms. The molecule has 5 nitrogen and oxygen atoms in total. The van der Waals surface area contributed by atoms with Gasteiger partial charge in [0.2, 0.25) is 0 Å². The van der Waals surface area contributed by atoms with E-state index in [-0.39, 0.29) is 0 Å². The van der Waals surface area contributed by atoms with Crippen LogP contribution < -0.4 is 4.90 Å². The Labute approximate surface area is 120 Å². The lowest BCUT2D eigenvalue weighted by Crippen LogP contribution is -2.33. The zero-order valence-electron chi connectivity index (χ0n) is 12.2. The highest BCUT2D eigenvalue weighted by Gasteiger charge is 2.11. The quantitative estimate of drug-likeness (QED) is 0.684. The Balaban J connectivity index is 2.87. The van der Waals surface area contributed by atoms with Crippen molar-refractivity contribution >= 4 is 17.4 Å². The molecule has 0 N–H and O–H groups in total. The molecule has 1 heterocycles. The first-order valence-electron chi connectivity index (χ1n) is 6.49. The fourth-order valence-corrected chi connectivity index (χ4v) is 1.93. The van der Waals surface area contributed by atoms with Crippen molar-refractivity contribution in [1.82, 2.24) is 14.9 Å². The van der Waals surface area contributed by atoms with Gasteiger partial charge in [-0.1, -0.05) is 18.5 Å². The summed E-state index contributed by atoms with van der Waals surface area (Å²) in [6, 6.07) is 1.81. The summed E-state index contributed by atoms with van der Waals surface area (Å²) >= 11 is 6.05. The Kier molecular flexibility index (Phi) is 7.05. The second-order valence-electron chi connectivity index (χ2n) is 4.69. The van der Waals surface area contributed by atoms with Crippen LogP contribution in [0.1, 0.15) is 19.2 Å². The minimum atomic E-state index is 0.376. The van der Waals surface area contributed by atoms with Crippen LogP contribution in [0, 0.1) is 0 Å². The normalized spacial score (nSPS) is 11.1. The van der Waals surface area contributed by atoms with Crippen LogP contribution in [-0.4, -0.2) is 55.7 Å². The molecule has 0 saturated heterocycles. The molecule has 0 unspecified atom stereocenters. The molecule has 0 aliphatic carbocycles. The summed E-state index contributed by atoms with van der Waals surface area (Å²) < 4.78 is 5.07. The lowest BCUT2D eigenvalue weighted by Gasteiger charge is -2.25. The summed E-state index contributed by atoms with van der Waals surface area (Å²) in [6.07, 6.45) is 1.06. The maximum absolute atomic E-state index is 6.05. The SMILES string of the molecule is CCCN(CCN(C)C)c1cc(Cl)nc(COC)n1. The van der Waals surface area contributed by atoms with E-state index < -0.39 is 0 Å². The number of ether oxygens (including phenoxy) is 1. The summed E-state index contributed by atoms with van der Waals surface area (Å²) in [6.45, 7) is 5.37. The second-order valence-corrected chi connectivity index (χ2v) is 5.08. The Morgan fingerprint density at radius 3 is 2.53 bits per heavy atom. The van der Waals surface area contributed by atoms with Crippen molar-refractivity contribution in [2.24, 2.45) is 0 Å². The Morgan fingerprint density at radius 2 is 1.95 bits per heavy atom. The fraction of sp³-hybridized carbons (Fsp3) is 0.692. The summed E-state index contributed by atoms with van der Waals surface area (Å²) in [5.74, 6) is 1.49. The highest BCUT2D eigenvalue weighted by atomic mass is 35.5. The number of anilines is 1. The number of hydrogen-bond donors (Lipinski definition) is 0. The molecule has 0 bridgehead atoms. The predicted octanol–water partition coefficient (Wildman–Crippen LogP) is 2.05. The van der Waals surface area contributed by atoms with Crippen LogP contribution in [0.4, 0.5) is 5.82 Å². The third kappa shape index (κ3) is 5.72. The molecular formula is C13H23ClN4O. The van der Waals surface area contributed by atoms with Crippen LogP contribution in [0.25, 0.3) is 0 Å². The van der Waals surface area contributed by atoms with Gasteiger partial charge in [0.1, 0.15) is 17.6 Å². The van der Waals surface area contributed by atoms with E-state index in [4.69, 9.17) is 16.3 Å². The summed E-state index contributed by atoms with van der Waals surface area (Å²) in [5.41, 5.74) is 0. The highest BCUT2D eigenvalue weighted by Crippen LogP contribution is 2.17. The first-order valence-corrected chi connectivity index (χ1v) is 6.86. The van der Waals surface area contributed by atoms with E-state index in [9.17, 15) is 0 Å². The monoisotopic (exact) mass is 286 g/mol. The van der Waals surface area contributed by atoms with Gasteiger partial charge in [0, 0.05) is 32.8 Å². The van der Waals surface area contributed by atoms with Crippen molar-refractivity contribution in [1.29, 1.82) is 0 Å². The van der Waals surface area contributed by atoms with Crippen LogP contribution in [0.3, 0.4) is 0 Å². The fourth-order valence-electron chi connectivity index (χ4n) is 1.74. The summed E-state index contributed by atoms with van der Waals surface area (Å²) in [5, 5.41) is 0.461. The van der Waals surface area contributed by atoms with Crippen LogP contribution in [0.2, 0.25) is 5.15 Å². The van der Waals surface area contributed by atoms with Crippen molar-refractivity contribution in [3.8, 4) is 0 Å². The molecule has 108 valence electrons. The van der Waals surface area contributed by atoms with Crippen molar-refractivity contribution in [3.05, 3.63) is 17.0 Å². The maximum atomic E-state index is 6.05. The number of nitrogens with zero attached hydrogens (tertiary/aromatic N) is 4. The molecule has 0 aliphatic heterocycles. The van der Waals surface area contributed by atoms with Gasteiger partial charge in [-0.25, -0.2) is 9.97 Å². The zero-order valence-corrected chi connectivity index (χ0v) is 12.9. The van der Waals surface area contributed by atoms with Gasteiger partial charge in [0.05, 0.1) is 0 Å². The molecule has 0 aliphatic rings. The van der Waals surface area contributed by atoms with Crippen molar-refractivity contribution in [2.75, 3.05) is 45.7 Å². The zero-order chi connectivity index (χ0) is 14.3. The van der Waals surface area contributed by atoms with E-state index in [1.54, 1.807) is 7.11 Å². The van der Waals surface area contributed by atoms with Crippen molar-refractivity contribution in [2.45, 2.75) is 20.0 Å². The average molecular weight is 287 g/mol. The van der Waals surface area contributed by atoms with E-state index in [2.05, 4.69) is 40.8 Å². The van der Waals surface area contributed by atoms with Gasteiger partial charge in [-0.3, -0.25) is 0 Å². The maximum Gasteiger partial charge on any atom is 0.158 e. The van der Waals surface area contributed by atoms with Gasteiger partial charge in [-0.05, 0) is 20.5 Å². The molecule has 1 rings (SSSR count). The third-order valence-electron chi connectivity index (χ3n) is 2.64.